The number of carbonyl (C=O) groups is 1. The Labute approximate surface area is 97.7 Å². The maximum Gasteiger partial charge on any atom is 0.269 e. The van der Waals surface area contributed by atoms with E-state index in [-0.39, 0.29) is 5.69 Å². The predicted octanol–water partition coefficient (Wildman–Crippen LogP) is 0.901. The van der Waals surface area contributed by atoms with Crippen molar-refractivity contribution in [3.63, 3.8) is 0 Å². The zero-order valence-corrected chi connectivity index (χ0v) is 8.92. The smallest absolute Gasteiger partial charge is 0.269 e. The summed E-state index contributed by atoms with van der Waals surface area (Å²) in [6, 6.07) is 10.3. The fraction of sp³-hybridized carbons (Fsp3) is 0. The molecule has 0 spiro atoms. The molecule has 17 heavy (non-hydrogen) atoms. The zero-order valence-electron chi connectivity index (χ0n) is 8.92. The second kappa shape index (κ2) is 4.48. The second-order valence-corrected chi connectivity index (χ2v) is 3.42. The first-order chi connectivity index (χ1) is 8.15. The fourth-order valence-corrected chi connectivity index (χ4v) is 1.24. The molecule has 2 aromatic rings. The first-order valence-corrected chi connectivity index (χ1v) is 4.91. The van der Waals surface area contributed by atoms with E-state index in [1.807, 2.05) is 12.1 Å². The number of primary amides is 1. The van der Waals surface area contributed by atoms with Gasteiger partial charge in [-0.3, -0.25) is 4.79 Å². The van der Waals surface area contributed by atoms with Gasteiger partial charge in [-0.05, 0) is 36.4 Å². The normalized spacial score (nSPS) is 9.88. The summed E-state index contributed by atoms with van der Waals surface area (Å²) in [7, 11) is 0. The van der Waals surface area contributed by atoms with Crippen molar-refractivity contribution in [1.29, 1.82) is 0 Å². The van der Waals surface area contributed by atoms with Gasteiger partial charge in [0, 0.05) is 11.4 Å². The Bertz CT molecular complexity index is 521. The number of rotatable bonds is 3. The van der Waals surface area contributed by atoms with Gasteiger partial charge in [-0.15, -0.1) is 10.2 Å². The van der Waals surface area contributed by atoms with Gasteiger partial charge in [0.1, 0.15) is 0 Å². The molecule has 0 atom stereocenters. The third kappa shape index (κ3) is 2.69. The molecule has 6 heteroatoms. The summed E-state index contributed by atoms with van der Waals surface area (Å²) >= 11 is 0. The summed E-state index contributed by atoms with van der Waals surface area (Å²) in [5, 5.41) is 10.5. The largest absolute Gasteiger partial charge is 0.399 e. The van der Waals surface area contributed by atoms with Crippen LogP contribution in [0.1, 0.15) is 10.5 Å². The number of nitrogens with two attached hydrogens (primary N) is 2. The summed E-state index contributed by atoms with van der Waals surface area (Å²) in [4.78, 5) is 10.8. The molecule has 0 aliphatic carbocycles. The van der Waals surface area contributed by atoms with Gasteiger partial charge in [-0.1, -0.05) is 0 Å². The first kappa shape index (κ1) is 10.9. The van der Waals surface area contributed by atoms with E-state index in [0.29, 0.717) is 11.5 Å². The summed E-state index contributed by atoms with van der Waals surface area (Å²) in [6.07, 6.45) is 0. The minimum Gasteiger partial charge on any atom is -0.399 e. The van der Waals surface area contributed by atoms with Crippen molar-refractivity contribution in [3.05, 3.63) is 42.1 Å². The summed E-state index contributed by atoms with van der Waals surface area (Å²) in [6.45, 7) is 0. The molecule has 86 valence electrons. The Morgan fingerprint density at radius 3 is 2.29 bits per heavy atom. The van der Waals surface area contributed by atoms with Crippen LogP contribution in [0.5, 0.6) is 0 Å². The van der Waals surface area contributed by atoms with E-state index in [9.17, 15) is 4.79 Å². The maximum absolute atomic E-state index is 10.8. The van der Waals surface area contributed by atoms with Gasteiger partial charge in [0.05, 0.1) is 0 Å². The molecule has 0 fully saturated rings. The number of nitrogen functional groups attached to an aromatic ring is 1. The van der Waals surface area contributed by atoms with Gasteiger partial charge in [0.2, 0.25) is 0 Å². The highest BCUT2D eigenvalue weighted by molar-refractivity contribution is 5.90. The van der Waals surface area contributed by atoms with E-state index < -0.39 is 5.91 Å². The van der Waals surface area contributed by atoms with Crippen LogP contribution in [0.3, 0.4) is 0 Å². The molecule has 0 saturated carbocycles. The first-order valence-electron chi connectivity index (χ1n) is 4.91. The van der Waals surface area contributed by atoms with Crippen molar-refractivity contribution < 1.29 is 4.79 Å². The predicted molar refractivity (Wildman–Crippen MR) is 64.7 cm³/mol. The van der Waals surface area contributed by atoms with Crippen LogP contribution in [0.2, 0.25) is 0 Å². The van der Waals surface area contributed by atoms with E-state index in [0.717, 1.165) is 5.69 Å². The maximum atomic E-state index is 10.8. The molecule has 0 aliphatic rings. The molecule has 6 nitrogen and oxygen atoms in total. The number of benzene rings is 1. The minimum atomic E-state index is -0.600. The van der Waals surface area contributed by atoms with Crippen LogP contribution < -0.4 is 16.8 Å². The highest BCUT2D eigenvalue weighted by Crippen LogP contribution is 2.15. The molecular formula is C11H11N5O. The lowest BCUT2D eigenvalue weighted by Gasteiger charge is -2.04. The molecule has 1 heterocycles. The van der Waals surface area contributed by atoms with Crippen LogP contribution in [0.25, 0.3) is 0 Å². The zero-order chi connectivity index (χ0) is 12.3. The summed E-state index contributed by atoms with van der Waals surface area (Å²) in [5.41, 5.74) is 12.3. The second-order valence-electron chi connectivity index (χ2n) is 3.42. The molecule has 1 aromatic heterocycles. The Morgan fingerprint density at radius 1 is 1.06 bits per heavy atom. The third-order valence-corrected chi connectivity index (χ3v) is 2.10. The molecule has 0 saturated heterocycles. The van der Waals surface area contributed by atoms with Crippen molar-refractivity contribution in [2.75, 3.05) is 11.1 Å². The minimum absolute atomic E-state index is 0.132. The van der Waals surface area contributed by atoms with Crippen LogP contribution in [-0.2, 0) is 0 Å². The topological polar surface area (TPSA) is 107 Å². The standard InChI is InChI=1S/C11H11N5O/c12-7-1-3-8(4-2-7)14-10-6-5-9(11(13)17)15-16-10/h1-6H,12H2,(H2,13,17)(H,14,16). The third-order valence-electron chi connectivity index (χ3n) is 2.10. The number of nitrogens with zero attached hydrogens (tertiary/aromatic N) is 2. The Morgan fingerprint density at radius 2 is 1.76 bits per heavy atom. The molecule has 1 amide bonds. The van der Waals surface area contributed by atoms with Gasteiger partial charge in [0.25, 0.3) is 5.91 Å². The van der Waals surface area contributed by atoms with Gasteiger partial charge in [0.15, 0.2) is 11.5 Å². The van der Waals surface area contributed by atoms with E-state index in [2.05, 4.69) is 15.5 Å². The number of amides is 1. The average molecular weight is 229 g/mol. The summed E-state index contributed by atoms with van der Waals surface area (Å²) in [5.74, 6) is -0.0729. The van der Waals surface area contributed by atoms with Crippen molar-refractivity contribution in [3.8, 4) is 0 Å². The Hall–Kier alpha value is -2.63. The number of hydrogen-bond acceptors (Lipinski definition) is 5. The molecular weight excluding hydrogens is 218 g/mol. The van der Waals surface area contributed by atoms with E-state index >= 15 is 0 Å². The van der Waals surface area contributed by atoms with Crippen molar-refractivity contribution >= 4 is 23.1 Å². The highest BCUT2D eigenvalue weighted by atomic mass is 16.1. The van der Waals surface area contributed by atoms with E-state index in [1.54, 1.807) is 18.2 Å². The lowest BCUT2D eigenvalue weighted by molar-refractivity contribution is 0.0994. The fourth-order valence-electron chi connectivity index (χ4n) is 1.24. The van der Waals surface area contributed by atoms with Gasteiger partial charge in [-0.25, -0.2) is 0 Å². The van der Waals surface area contributed by atoms with E-state index in [1.165, 1.54) is 6.07 Å². The molecule has 0 radical (unpaired) electrons. The molecule has 0 aliphatic heterocycles. The summed E-state index contributed by atoms with van der Waals surface area (Å²) < 4.78 is 0. The molecule has 5 N–H and O–H groups in total. The highest BCUT2D eigenvalue weighted by Gasteiger charge is 2.02. The van der Waals surface area contributed by atoms with Crippen LogP contribution in [0.4, 0.5) is 17.2 Å². The number of carbonyl (C=O) groups excluding carboxylic acids is 1. The van der Waals surface area contributed by atoms with Crippen molar-refractivity contribution in [2.45, 2.75) is 0 Å². The van der Waals surface area contributed by atoms with Crippen LogP contribution in [-0.4, -0.2) is 16.1 Å². The van der Waals surface area contributed by atoms with Crippen LogP contribution in [0, 0.1) is 0 Å². The number of aromatic nitrogens is 2. The van der Waals surface area contributed by atoms with Gasteiger partial charge >= 0.3 is 0 Å². The van der Waals surface area contributed by atoms with Crippen molar-refractivity contribution in [1.82, 2.24) is 10.2 Å². The number of anilines is 3. The van der Waals surface area contributed by atoms with E-state index in [4.69, 9.17) is 11.5 Å². The quantitative estimate of drug-likeness (QED) is 0.678. The molecule has 0 bridgehead atoms. The lowest BCUT2D eigenvalue weighted by Crippen LogP contribution is -2.13. The van der Waals surface area contributed by atoms with Crippen molar-refractivity contribution in [2.24, 2.45) is 5.73 Å². The Balaban J connectivity index is 2.13. The lowest BCUT2D eigenvalue weighted by atomic mass is 10.3. The monoisotopic (exact) mass is 229 g/mol. The molecule has 0 unspecified atom stereocenters. The number of nitrogens with one attached hydrogen (secondary N) is 1. The average Bonchev–Trinajstić information content (AvgIpc) is 2.33. The number of hydrogen-bond donors (Lipinski definition) is 3. The van der Waals surface area contributed by atoms with Crippen LogP contribution >= 0.6 is 0 Å². The SMILES string of the molecule is NC(=O)c1ccc(Nc2ccc(N)cc2)nn1. The van der Waals surface area contributed by atoms with Crippen LogP contribution in [0.15, 0.2) is 36.4 Å². The van der Waals surface area contributed by atoms with Gasteiger partial charge < -0.3 is 16.8 Å². The van der Waals surface area contributed by atoms with Gasteiger partial charge in [-0.2, -0.15) is 0 Å². The molecule has 2 rings (SSSR count). The molecule has 1 aromatic carbocycles. The Kier molecular flexibility index (Phi) is 2.87.